The minimum atomic E-state index is -0.306. The first kappa shape index (κ1) is 17.0. The van der Waals surface area contributed by atoms with Crippen molar-refractivity contribution in [3.05, 3.63) is 29.8 Å². The van der Waals surface area contributed by atoms with E-state index in [1.165, 1.54) is 0 Å². The Morgan fingerprint density at radius 1 is 1.05 bits per heavy atom. The first-order valence-electron chi connectivity index (χ1n) is 7.34. The molecule has 116 valence electrons. The minimum Gasteiger partial charge on any atom is -0.484 e. The number of aryl methyl sites for hydroxylation is 1. The van der Waals surface area contributed by atoms with E-state index in [2.05, 4.69) is 17.6 Å². The number of unbranched alkanes of at least 4 members (excludes halogenated alkanes) is 2. The fourth-order valence-electron chi connectivity index (χ4n) is 1.68. The Bertz CT molecular complexity index is 443. The van der Waals surface area contributed by atoms with E-state index in [4.69, 9.17) is 4.74 Å². The Balaban J connectivity index is 2.13. The van der Waals surface area contributed by atoms with E-state index >= 15 is 0 Å². The lowest BCUT2D eigenvalue weighted by atomic mass is 10.2. The third-order valence-corrected chi connectivity index (χ3v) is 2.94. The SMILES string of the molecule is CCCCCNC(=O)CNC(=O)COc1ccc(C)cc1. The zero-order chi connectivity index (χ0) is 15.5. The number of hydrogen-bond donors (Lipinski definition) is 2. The molecule has 0 radical (unpaired) electrons. The van der Waals surface area contributed by atoms with Crippen molar-refractivity contribution in [1.29, 1.82) is 0 Å². The van der Waals surface area contributed by atoms with Gasteiger partial charge in [0.1, 0.15) is 5.75 Å². The molecule has 0 unspecified atom stereocenters. The van der Waals surface area contributed by atoms with Crippen molar-refractivity contribution in [3.63, 3.8) is 0 Å². The van der Waals surface area contributed by atoms with Gasteiger partial charge in [-0.3, -0.25) is 9.59 Å². The van der Waals surface area contributed by atoms with Crippen LogP contribution in [0.15, 0.2) is 24.3 Å². The molecule has 0 heterocycles. The van der Waals surface area contributed by atoms with E-state index in [1.807, 2.05) is 31.2 Å². The lowest BCUT2D eigenvalue weighted by Gasteiger charge is -2.08. The van der Waals surface area contributed by atoms with Crippen molar-refractivity contribution in [2.24, 2.45) is 0 Å². The Hall–Kier alpha value is -2.04. The number of rotatable bonds is 9. The van der Waals surface area contributed by atoms with Gasteiger partial charge in [0.15, 0.2) is 6.61 Å². The van der Waals surface area contributed by atoms with Gasteiger partial charge in [-0.15, -0.1) is 0 Å². The molecule has 5 heteroatoms. The summed E-state index contributed by atoms with van der Waals surface area (Å²) < 4.78 is 5.32. The van der Waals surface area contributed by atoms with Crippen LogP contribution in [0.4, 0.5) is 0 Å². The number of benzene rings is 1. The molecule has 0 spiro atoms. The molecular weight excluding hydrogens is 268 g/mol. The highest BCUT2D eigenvalue weighted by atomic mass is 16.5. The quantitative estimate of drug-likeness (QED) is 0.682. The van der Waals surface area contributed by atoms with Crippen LogP contribution in [-0.4, -0.2) is 31.5 Å². The first-order valence-corrected chi connectivity index (χ1v) is 7.34. The molecule has 0 aromatic heterocycles. The smallest absolute Gasteiger partial charge is 0.258 e. The summed E-state index contributed by atoms with van der Waals surface area (Å²) in [6.45, 7) is 4.64. The number of carbonyl (C=O) groups is 2. The molecule has 1 aromatic carbocycles. The summed E-state index contributed by atoms with van der Waals surface area (Å²) in [6.07, 6.45) is 3.17. The second-order valence-corrected chi connectivity index (χ2v) is 4.94. The van der Waals surface area contributed by atoms with Crippen molar-refractivity contribution in [3.8, 4) is 5.75 Å². The van der Waals surface area contributed by atoms with Gasteiger partial charge in [0.25, 0.3) is 5.91 Å². The summed E-state index contributed by atoms with van der Waals surface area (Å²) in [4.78, 5) is 23.0. The lowest BCUT2D eigenvalue weighted by molar-refractivity contribution is -0.127. The summed E-state index contributed by atoms with van der Waals surface area (Å²) in [5.41, 5.74) is 1.13. The van der Waals surface area contributed by atoms with Crippen molar-refractivity contribution in [1.82, 2.24) is 10.6 Å². The van der Waals surface area contributed by atoms with E-state index in [0.29, 0.717) is 12.3 Å². The van der Waals surface area contributed by atoms with Crippen LogP contribution in [0, 0.1) is 6.92 Å². The molecule has 0 aliphatic rings. The number of carbonyl (C=O) groups excluding carboxylic acids is 2. The van der Waals surface area contributed by atoms with Crippen LogP contribution >= 0.6 is 0 Å². The highest BCUT2D eigenvalue weighted by Gasteiger charge is 2.05. The molecule has 21 heavy (non-hydrogen) atoms. The fraction of sp³-hybridized carbons (Fsp3) is 0.500. The fourth-order valence-corrected chi connectivity index (χ4v) is 1.68. The Kier molecular flexibility index (Phi) is 7.94. The van der Waals surface area contributed by atoms with Crippen LogP contribution < -0.4 is 15.4 Å². The molecular formula is C16H24N2O3. The van der Waals surface area contributed by atoms with E-state index in [1.54, 1.807) is 0 Å². The summed E-state index contributed by atoms with van der Waals surface area (Å²) in [6, 6.07) is 7.44. The molecule has 0 saturated heterocycles. The molecule has 0 atom stereocenters. The molecule has 1 aromatic rings. The zero-order valence-corrected chi connectivity index (χ0v) is 12.8. The Labute approximate surface area is 126 Å². The average Bonchev–Trinajstić information content (AvgIpc) is 2.49. The normalized spacial score (nSPS) is 10.0. The van der Waals surface area contributed by atoms with Gasteiger partial charge >= 0.3 is 0 Å². The monoisotopic (exact) mass is 292 g/mol. The van der Waals surface area contributed by atoms with Gasteiger partial charge in [-0.2, -0.15) is 0 Å². The third-order valence-electron chi connectivity index (χ3n) is 2.94. The summed E-state index contributed by atoms with van der Waals surface area (Å²) >= 11 is 0. The van der Waals surface area contributed by atoms with Crippen LogP contribution in [-0.2, 0) is 9.59 Å². The Morgan fingerprint density at radius 2 is 1.76 bits per heavy atom. The van der Waals surface area contributed by atoms with E-state index in [9.17, 15) is 9.59 Å². The lowest BCUT2D eigenvalue weighted by Crippen LogP contribution is -2.39. The molecule has 5 nitrogen and oxygen atoms in total. The van der Waals surface area contributed by atoms with E-state index < -0.39 is 0 Å². The van der Waals surface area contributed by atoms with Crippen LogP contribution in [0.25, 0.3) is 0 Å². The Morgan fingerprint density at radius 3 is 2.43 bits per heavy atom. The van der Waals surface area contributed by atoms with E-state index in [-0.39, 0.29) is 25.0 Å². The standard InChI is InChI=1S/C16H24N2O3/c1-3-4-5-10-17-15(19)11-18-16(20)12-21-14-8-6-13(2)7-9-14/h6-9H,3-5,10-12H2,1-2H3,(H,17,19)(H,18,20). The maximum absolute atomic E-state index is 11.5. The van der Waals surface area contributed by atoms with Gasteiger partial charge < -0.3 is 15.4 Å². The summed E-state index contributed by atoms with van der Waals surface area (Å²) in [5, 5.41) is 5.29. The van der Waals surface area contributed by atoms with Gasteiger partial charge in [-0.1, -0.05) is 37.5 Å². The largest absolute Gasteiger partial charge is 0.484 e. The molecule has 0 saturated carbocycles. The minimum absolute atomic E-state index is 0.0117. The highest BCUT2D eigenvalue weighted by Crippen LogP contribution is 2.10. The molecule has 2 N–H and O–H groups in total. The maximum atomic E-state index is 11.5. The van der Waals surface area contributed by atoms with E-state index in [0.717, 1.165) is 24.8 Å². The van der Waals surface area contributed by atoms with Crippen LogP contribution in [0.1, 0.15) is 31.7 Å². The maximum Gasteiger partial charge on any atom is 0.258 e. The van der Waals surface area contributed by atoms with Crippen LogP contribution in [0.2, 0.25) is 0 Å². The van der Waals surface area contributed by atoms with Crippen LogP contribution in [0.3, 0.4) is 0 Å². The van der Waals surface area contributed by atoms with Crippen molar-refractivity contribution in [2.75, 3.05) is 19.7 Å². The number of amides is 2. The molecule has 2 amide bonds. The summed E-state index contributed by atoms with van der Waals surface area (Å²) in [7, 11) is 0. The van der Waals surface area contributed by atoms with Gasteiger partial charge in [-0.25, -0.2) is 0 Å². The molecule has 0 aliphatic heterocycles. The van der Waals surface area contributed by atoms with Gasteiger partial charge in [0.05, 0.1) is 6.54 Å². The average molecular weight is 292 g/mol. The predicted molar refractivity (Wildman–Crippen MR) is 82.2 cm³/mol. The van der Waals surface area contributed by atoms with Gasteiger partial charge in [0.2, 0.25) is 5.91 Å². The zero-order valence-electron chi connectivity index (χ0n) is 12.8. The highest BCUT2D eigenvalue weighted by molar-refractivity contribution is 5.85. The number of ether oxygens (including phenoxy) is 1. The topological polar surface area (TPSA) is 67.4 Å². The third kappa shape index (κ3) is 7.97. The molecule has 0 fully saturated rings. The van der Waals surface area contributed by atoms with Crippen LogP contribution in [0.5, 0.6) is 5.75 Å². The van der Waals surface area contributed by atoms with Crippen molar-refractivity contribution < 1.29 is 14.3 Å². The van der Waals surface area contributed by atoms with Crippen molar-refractivity contribution >= 4 is 11.8 Å². The van der Waals surface area contributed by atoms with Crippen molar-refractivity contribution in [2.45, 2.75) is 33.1 Å². The predicted octanol–water partition coefficient (Wildman–Crippen LogP) is 1.80. The summed E-state index contributed by atoms with van der Waals surface area (Å²) in [5.74, 6) is 0.161. The second kappa shape index (κ2) is 9.80. The molecule has 0 bridgehead atoms. The second-order valence-electron chi connectivity index (χ2n) is 4.94. The number of nitrogens with one attached hydrogen (secondary N) is 2. The van der Waals surface area contributed by atoms with Gasteiger partial charge in [-0.05, 0) is 25.5 Å². The first-order chi connectivity index (χ1) is 10.1. The molecule has 0 aliphatic carbocycles. The van der Waals surface area contributed by atoms with Gasteiger partial charge in [0, 0.05) is 6.54 Å². The molecule has 1 rings (SSSR count). The number of hydrogen-bond acceptors (Lipinski definition) is 3.